The molecular formula is C21H29Cl2N3O. The number of nitrogens with zero attached hydrogens (tertiary/aromatic N) is 1. The zero-order valence-corrected chi connectivity index (χ0v) is 17.1. The summed E-state index contributed by atoms with van der Waals surface area (Å²) in [5, 5.41) is 4.50. The molecule has 0 aliphatic heterocycles. The Morgan fingerprint density at radius 2 is 1.81 bits per heavy atom. The van der Waals surface area contributed by atoms with Gasteiger partial charge in [0.15, 0.2) is 0 Å². The number of rotatable bonds is 4. The van der Waals surface area contributed by atoms with Gasteiger partial charge in [-0.3, -0.25) is 9.78 Å². The highest BCUT2D eigenvalue weighted by Crippen LogP contribution is 2.39. The summed E-state index contributed by atoms with van der Waals surface area (Å²) in [6, 6.07) is 10.8. The minimum absolute atomic E-state index is 0. The fourth-order valence-electron chi connectivity index (χ4n) is 4.90. The van der Waals surface area contributed by atoms with Crippen LogP contribution in [-0.4, -0.2) is 23.0 Å². The molecule has 3 N–H and O–H groups in total. The summed E-state index contributed by atoms with van der Waals surface area (Å²) < 4.78 is 0. The molecule has 27 heavy (non-hydrogen) atoms. The maximum atomic E-state index is 12.6. The number of aromatic nitrogens is 1. The number of benzene rings is 1. The van der Waals surface area contributed by atoms with Gasteiger partial charge in [-0.1, -0.05) is 24.6 Å². The molecule has 2 aromatic rings. The molecule has 0 saturated heterocycles. The fourth-order valence-corrected chi connectivity index (χ4v) is 4.90. The van der Waals surface area contributed by atoms with Crippen LogP contribution in [0.4, 0.5) is 0 Å². The third-order valence-corrected chi connectivity index (χ3v) is 6.06. The van der Waals surface area contributed by atoms with Crippen LogP contribution in [0.2, 0.25) is 0 Å². The van der Waals surface area contributed by atoms with E-state index in [1.807, 2.05) is 30.5 Å². The van der Waals surface area contributed by atoms with E-state index in [0.717, 1.165) is 30.2 Å². The molecule has 1 heterocycles. The monoisotopic (exact) mass is 409 g/mol. The van der Waals surface area contributed by atoms with E-state index in [1.54, 1.807) is 0 Å². The number of carbonyl (C=O) groups is 1. The Kier molecular flexibility index (Phi) is 7.90. The van der Waals surface area contributed by atoms with Crippen molar-refractivity contribution in [3.63, 3.8) is 0 Å². The number of nitrogens with two attached hydrogens (primary N) is 1. The number of nitrogens with one attached hydrogen (secondary N) is 1. The molecule has 1 aromatic carbocycles. The minimum atomic E-state index is 0. The normalized spacial score (nSPS) is 26.6. The maximum absolute atomic E-state index is 12.6. The standard InChI is InChI=1S/C21H27N3O.2ClH/c22-17-12-15-4-3-5-16(13-17)21(15)24-20(25)9-8-14-10-11-23-19-7-2-1-6-18(14)19;;/h1-2,6-7,10-11,15-17,21H,3-5,8-9,12-13,22H2,(H,24,25);2*1H. The lowest BCUT2D eigenvalue weighted by Crippen LogP contribution is -2.53. The first-order chi connectivity index (χ1) is 12.2. The first kappa shape index (κ1) is 21.9. The van der Waals surface area contributed by atoms with Gasteiger partial charge in [-0.05, 0) is 61.6 Å². The molecule has 1 aromatic heterocycles. The molecule has 2 unspecified atom stereocenters. The van der Waals surface area contributed by atoms with Crippen LogP contribution in [0.3, 0.4) is 0 Å². The van der Waals surface area contributed by atoms with Crippen LogP contribution in [0.25, 0.3) is 10.9 Å². The highest BCUT2D eigenvalue weighted by molar-refractivity contribution is 5.85. The second-order valence-electron chi connectivity index (χ2n) is 7.76. The maximum Gasteiger partial charge on any atom is 0.220 e. The van der Waals surface area contributed by atoms with E-state index in [4.69, 9.17) is 5.73 Å². The second kappa shape index (κ2) is 9.72. The Bertz CT molecular complexity index is 751. The number of para-hydroxylation sites is 1. The van der Waals surface area contributed by atoms with Crippen molar-refractivity contribution >= 4 is 41.6 Å². The third kappa shape index (κ3) is 4.92. The molecule has 0 spiro atoms. The number of amides is 1. The van der Waals surface area contributed by atoms with Gasteiger partial charge in [0.05, 0.1) is 5.52 Å². The van der Waals surface area contributed by atoms with Crippen LogP contribution in [0.5, 0.6) is 0 Å². The summed E-state index contributed by atoms with van der Waals surface area (Å²) in [6.45, 7) is 0. The zero-order chi connectivity index (χ0) is 17.2. The van der Waals surface area contributed by atoms with Crippen LogP contribution in [0, 0.1) is 11.8 Å². The van der Waals surface area contributed by atoms with Crippen LogP contribution in [0.15, 0.2) is 36.5 Å². The van der Waals surface area contributed by atoms with Gasteiger partial charge in [-0.25, -0.2) is 0 Å². The number of hydrogen-bond acceptors (Lipinski definition) is 3. The van der Waals surface area contributed by atoms with E-state index in [0.29, 0.717) is 30.3 Å². The number of halogens is 2. The van der Waals surface area contributed by atoms with E-state index in [2.05, 4.69) is 16.4 Å². The first-order valence-electron chi connectivity index (χ1n) is 9.58. The number of aryl methyl sites for hydroxylation is 1. The van der Waals surface area contributed by atoms with Crippen molar-refractivity contribution in [3.05, 3.63) is 42.1 Å². The Balaban J connectivity index is 0.00000131. The quantitative estimate of drug-likeness (QED) is 0.800. The summed E-state index contributed by atoms with van der Waals surface area (Å²) >= 11 is 0. The number of pyridine rings is 1. The topological polar surface area (TPSA) is 68.0 Å². The van der Waals surface area contributed by atoms with Gasteiger partial charge < -0.3 is 11.1 Å². The van der Waals surface area contributed by atoms with Crippen molar-refractivity contribution in [1.29, 1.82) is 0 Å². The molecule has 4 rings (SSSR count). The van der Waals surface area contributed by atoms with Gasteiger partial charge in [-0.15, -0.1) is 24.8 Å². The van der Waals surface area contributed by atoms with Gasteiger partial charge >= 0.3 is 0 Å². The Hall–Kier alpha value is -1.36. The van der Waals surface area contributed by atoms with Crippen molar-refractivity contribution in [1.82, 2.24) is 10.3 Å². The summed E-state index contributed by atoms with van der Waals surface area (Å²) in [5.74, 6) is 1.33. The van der Waals surface area contributed by atoms with Gasteiger partial charge in [0.1, 0.15) is 0 Å². The van der Waals surface area contributed by atoms with Crippen molar-refractivity contribution in [2.75, 3.05) is 0 Å². The van der Waals surface area contributed by atoms with Crippen molar-refractivity contribution in [2.24, 2.45) is 17.6 Å². The lowest BCUT2D eigenvalue weighted by Gasteiger charge is -2.45. The minimum Gasteiger partial charge on any atom is -0.353 e. The molecule has 2 aliphatic rings. The van der Waals surface area contributed by atoms with Gasteiger partial charge in [0.25, 0.3) is 0 Å². The number of carbonyl (C=O) groups excluding carboxylic acids is 1. The van der Waals surface area contributed by atoms with E-state index in [-0.39, 0.29) is 30.7 Å². The van der Waals surface area contributed by atoms with E-state index >= 15 is 0 Å². The van der Waals surface area contributed by atoms with Crippen LogP contribution < -0.4 is 11.1 Å². The zero-order valence-electron chi connectivity index (χ0n) is 15.5. The van der Waals surface area contributed by atoms with Gasteiger partial charge in [-0.2, -0.15) is 0 Å². The molecule has 2 atom stereocenters. The molecule has 6 heteroatoms. The Labute approximate surface area is 173 Å². The smallest absolute Gasteiger partial charge is 0.220 e. The molecule has 4 nitrogen and oxygen atoms in total. The van der Waals surface area contributed by atoms with Gasteiger partial charge in [0.2, 0.25) is 5.91 Å². The fraction of sp³-hybridized carbons (Fsp3) is 0.524. The molecule has 2 aliphatic carbocycles. The highest BCUT2D eigenvalue weighted by atomic mass is 35.5. The second-order valence-corrected chi connectivity index (χ2v) is 7.76. The molecule has 0 radical (unpaired) electrons. The predicted molar refractivity (Wildman–Crippen MR) is 115 cm³/mol. The molecular weight excluding hydrogens is 381 g/mol. The van der Waals surface area contributed by atoms with Crippen molar-refractivity contribution in [2.45, 2.75) is 57.0 Å². The summed E-state index contributed by atoms with van der Waals surface area (Å²) in [6.07, 6.45) is 8.98. The van der Waals surface area contributed by atoms with Crippen molar-refractivity contribution < 1.29 is 4.79 Å². The summed E-state index contributed by atoms with van der Waals surface area (Å²) in [7, 11) is 0. The van der Waals surface area contributed by atoms with E-state index < -0.39 is 0 Å². The first-order valence-corrected chi connectivity index (χ1v) is 9.58. The average Bonchev–Trinajstić information content (AvgIpc) is 2.61. The number of fused-ring (bicyclic) bond motifs is 3. The van der Waals surface area contributed by atoms with E-state index in [1.165, 1.54) is 24.8 Å². The van der Waals surface area contributed by atoms with Crippen LogP contribution in [-0.2, 0) is 11.2 Å². The predicted octanol–water partition coefficient (Wildman–Crippen LogP) is 4.03. The lowest BCUT2D eigenvalue weighted by atomic mass is 9.67. The molecule has 148 valence electrons. The number of hydrogen-bond donors (Lipinski definition) is 2. The van der Waals surface area contributed by atoms with Gasteiger partial charge in [0, 0.05) is 30.1 Å². The summed E-state index contributed by atoms with van der Waals surface area (Å²) in [5.41, 5.74) is 8.38. The van der Waals surface area contributed by atoms with Crippen molar-refractivity contribution in [3.8, 4) is 0 Å². The third-order valence-electron chi connectivity index (χ3n) is 6.06. The lowest BCUT2D eigenvalue weighted by molar-refractivity contribution is -0.123. The molecule has 2 saturated carbocycles. The molecule has 2 bridgehead atoms. The van der Waals surface area contributed by atoms with E-state index in [9.17, 15) is 4.79 Å². The van der Waals surface area contributed by atoms with Crippen LogP contribution in [0.1, 0.15) is 44.1 Å². The average molecular weight is 410 g/mol. The highest BCUT2D eigenvalue weighted by Gasteiger charge is 2.39. The summed E-state index contributed by atoms with van der Waals surface area (Å²) in [4.78, 5) is 17.0. The largest absolute Gasteiger partial charge is 0.353 e. The molecule has 2 fully saturated rings. The molecule has 1 amide bonds. The SMILES string of the molecule is Cl.Cl.NC1CC2CCCC(C1)C2NC(=O)CCc1ccnc2ccccc12. The van der Waals surface area contributed by atoms with Crippen LogP contribution >= 0.6 is 24.8 Å². The Morgan fingerprint density at radius 3 is 2.56 bits per heavy atom. The Morgan fingerprint density at radius 1 is 1.11 bits per heavy atom.